The third-order valence-electron chi connectivity index (χ3n) is 4.45. The van der Waals surface area contributed by atoms with E-state index in [0.717, 1.165) is 5.56 Å². The number of ether oxygens (including phenoxy) is 3. The molecule has 1 aliphatic rings. The largest absolute Gasteiger partial charge is 0.495 e. The van der Waals surface area contributed by atoms with Crippen molar-refractivity contribution in [3.05, 3.63) is 53.9 Å². The first kappa shape index (κ1) is 19.9. The van der Waals surface area contributed by atoms with Crippen molar-refractivity contribution in [2.45, 2.75) is 18.2 Å². The van der Waals surface area contributed by atoms with Crippen molar-refractivity contribution in [1.29, 1.82) is 0 Å². The summed E-state index contributed by atoms with van der Waals surface area (Å²) >= 11 is 1.18. The van der Waals surface area contributed by atoms with Crippen molar-refractivity contribution >= 4 is 23.4 Å². The van der Waals surface area contributed by atoms with E-state index in [-0.39, 0.29) is 18.3 Å². The van der Waals surface area contributed by atoms with Gasteiger partial charge in [0, 0.05) is 0 Å². The maximum atomic E-state index is 12.4. The summed E-state index contributed by atoms with van der Waals surface area (Å²) in [6.45, 7) is 2.21. The van der Waals surface area contributed by atoms with Crippen molar-refractivity contribution in [2.24, 2.45) is 0 Å². The third-order valence-corrected chi connectivity index (χ3v) is 5.39. The lowest BCUT2D eigenvalue weighted by atomic mass is 10.2. The number of aromatic nitrogens is 3. The van der Waals surface area contributed by atoms with Crippen LogP contribution < -0.4 is 25.4 Å². The van der Waals surface area contributed by atoms with Crippen LogP contribution in [-0.4, -0.2) is 40.3 Å². The van der Waals surface area contributed by atoms with Crippen LogP contribution in [0.4, 0.5) is 5.69 Å². The van der Waals surface area contributed by atoms with Crippen LogP contribution >= 0.6 is 11.8 Å². The van der Waals surface area contributed by atoms with Crippen LogP contribution in [0.2, 0.25) is 0 Å². The van der Waals surface area contributed by atoms with Gasteiger partial charge in [-0.2, -0.15) is 0 Å². The predicted molar refractivity (Wildman–Crippen MR) is 113 cm³/mol. The number of carbonyl (C=O) groups excluding carboxylic acids is 1. The van der Waals surface area contributed by atoms with E-state index in [0.29, 0.717) is 33.9 Å². The second-order valence-corrected chi connectivity index (χ2v) is 7.56. The maximum Gasteiger partial charge on any atom is 0.234 e. The van der Waals surface area contributed by atoms with Crippen LogP contribution in [0.3, 0.4) is 0 Å². The number of fused-ring (bicyclic) bond motifs is 1. The summed E-state index contributed by atoms with van der Waals surface area (Å²) < 4.78 is 18.2. The van der Waals surface area contributed by atoms with E-state index in [2.05, 4.69) is 15.5 Å². The fourth-order valence-corrected chi connectivity index (χ4v) is 3.65. The van der Waals surface area contributed by atoms with Gasteiger partial charge in [0.2, 0.25) is 11.1 Å². The number of nitrogens with zero attached hydrogens (tertiary/aromatic N) is 3. The van der Waals surface area contributed by atoms with E-state index in [1.807, 2.05) is 49.4 Å². The first-order valence-electron chi connectivity index (χ1n) is 9.21. The Morgan fingerprint density at radius 1 is 1.30 bits per heavy atom. The highest BCUT2D eigenvalue weighted by molar-refractivity contribution is 7.99. The molecule has 1 aliphatic heterocycles. The second-order valence-electron chi connectivity index (χ2n) is 6.62. The second kappa shape index (κ2) is 8.54. The molecule has 10 heteroatoms. The summed E-state index contributed by atoms with van der Waals surface area (Å²) in [4.78, 5) is 12.4. The Labute approximate surface area is 177 Å². The minimum absolute atomic E-state index is 0.108. The number of nitrogens with one attached hydrogen (secondary N) is 1. The van der Waals surface area contributed by atoms with Gasteiger partial charge in [0.1, 0.15) is 12.4 Å². The molecule has 4 rings (SSSR count). The molecule has 156 valence electrons. The Kier molecular flexibility index (Phi) is 5.66. The Morgan fingerprint density at radius 3 is 2.90 bits per heavy atom. The lowest BCUT2D eigenvalue weighted by molar-refractivity contribution is -0.113. The quantitative estimate of drug-likeness (QED) is 0.456. The summed E-state index contributed by atoms with van der Waals surface area (Å²) in [5, 5.41) is 11.5. The van der Waals surface area contributed by atoms with Crippen LogP contribution in [0, 0.1) is 6.92 Å². The zero-order valence-corrected chi connectivity index (χ0v) is 17.3. The van der Waals surface area contributed by atoms with E-state index in [1.165, 1.54) is 16.4 Å². The summed E-state index contributed by atoms with van der Waals surface area (Å²) in [5.41, 5.74) is 1.63. The molecule has 0 fully saturated rings. The van der Waals surface area contributed by atoms with Crippen molar-refractivity contribution in [1.82, 2.24) is 14.9 Å². The van der Waals surface area contributed by atoms with Gasteiger partial charge in [-0.25, -0.2) is 4.68 Å². The van der Waals surface area contributed by atoms with Gasteiger partial charge in [0.25, 0.3) is 0 Å². The third kappa shape index (κ3) is 4.13. The van der Waals surface area contributed by atoms with E-state index in [9.17, 15) is 4.79 Å². The molecule has 0 saturated carbocycles. The molecule has 0 aliphatic carbocycles. The lowest BCUT2D eigenvalue weighted by Gasteiger charge is -2.25. The number of amides is 1. The monoisotopic (exact) mass is 427 g/mol. The minimum atomic E-state index is -0.489. The molecule has 1 aromatic heterocycles. The van der Waals surface area contributed by atoms with Gasteiger partial charge in [-0.3, -0.25) is 4.79 Å². The smallest absolute Gasteiger partial charge is 0.234 e. The number of hydrogen-bond acceptors (Lipinski definition) is 8. The molecule has 1 unspecified atom stereocenters. The number of nitrogens with two attached hydrogens (primary N) is 1. The number of aryl methyl sites for hydroxylation is 1. The highest BCUT2D eigenvalue weighted by Crippen LogP contribution is 2.35. The molecule has 0 spiro atoms. The molecular formula is C20H21N5O4S. The number of rotatable bonds is 6. The molecule has 2 aromatic carbocycles. The number of carbonyl (C=O) groups is 1. The Balaban J connectivity index is 1.39. The molecule has 0 bridgehead atoms. The molecule has 30 heavy (non-hydrogen) atoms. The number of hydrogen-bond donors (Lipinski definition) is 2. The highest BCUT2D eigenvalue weighted by Gasteiger charge is 2.28. The Morgan fingerprint density at radius 2 is 2.10 bits per heavy atom. The predicted octanol–water partition coefficient (Wildman–Crippen LogP) is 2.55. The van der Waals surface area contributed by atoms with Crippen LogP contribution in [0.15, 0.2) is 47.6 Å². The SMILES string of the molecule is COc1ccc(C)cc1NC(=O)CSc1nnc(C2COc3ccccc3O2)n1N. The number of nitrogen functional groups attached to an aromatic ring is 1. The molecule has 1 amide bonds. The maximum absolute atomic E-state index is 12.4. The van der Waals surface area contributed by atoms with Crippen LogP contribution in [0.25, 0.3) is 0 Å². The van der Waals surface area contributed by atoms with Gasteiger partial charge in [-0.1, -0.05) is 30.0 Å². The molecular weight excluding hydrogens is 406 g/mol. The average Bonchev–Trinajstić information content (AvgIpc) is 3.12. The van der Waals surface area contributed by atoms with Crippen molar-refractivity contribution in [3.63, 3.8) is 0 Å². The van der Waals surface area contributed by atoms with Gasteiger partial charge < -0.3 is 25.4 Å². The minimum Gasteiger partial charge on any atom is -0.495 e. The lowest BCUT2D eigenvalue weighted by Crippen LogP contribution is -2.27. The first-order chi connectivity index (χ1) is 14.5. The normalized spacial score (nSPS) is 14.9. The number of anilines is 1. The fourth-order valence-electron chi connectivity index (χ4n) is 2.99. The zero-order chi connectivity index (χ0) is 21.1. The van der Waals surface area contributed by atoms with Crippen LogP contribution in [0.1, 0.15) is 17.5 Å². The van der Waals surface area contributed by atoms with Crippen molar-refractivity contribution in [3.8, 4) is 17.2 Å². The molecule has 3 aromatic rings. The Hall–Kier alpha value is -3.40. The van der Waals surface area contributed by atoms with Gasteiger partial charge in [0.05, 0.1) is 18.6 Å². The van der Waals surface area contributed by atoms with E-state index < -0.39 is 6.10 Å². The molecule has 9 nitrogen and oxygen atoms in total. The first-order valence-corrected chi connectivity index (χ1v) is 10.2. The van der Waals surface area contributed by atoms with Crippen LogP contribution in [0.5, 0.6) is 17.2 Å². The number of benzene rings is 2. The molecule has 0 saturated heterocycles. The summed E-state index contributed by atoms with van der Waals surface area (Å²) in [6, 6.07) is 13.0. The van der Waals surface area contributed by atoms with Crippen molar-refractivity contribution < 1.29 is 19.0 Å². The molecule has 2 heterocycles. The number of methoxy groups -OCH3 is 1. The standard InChI is InChI=1S/C20H21N5O4S/c1-12-7-8-14(27-2)13(9-12)22-18(26)11-30-20-24-23-19(25(20)21)17-10-28-15-5-3-4-6-16(15)29-17/h3-9,17H,10-11,21H2,1-2H3,(H,22,26). The topological polar surface area (TPSA) is 114 Å². The van der Waals surface area contributed by atoms with Crippen LogP contribution in [-0.2, 0) is 4.79 Å². The number of para-hydroxylation sites is 2. The zero-order valence-electron chi connectivity index (χ0n) is 16.5. The molecule has 1 atom stereocenters. The summed E-state index contributed by atoms with van der Waals surface area (Å²) in [6.07, 6.45) is -0.489. The fraction of sp³-hybridized carbons (Fsp3) is 0.250. The molecule has 3 N–H and O–H groups in total. The average molecular weight is 427 g/mol. The number of thioether (sulfide) groups is 1. The van der Waals surface area contributed by atoms with Crippen molar-refractivity contribution in [2.75, 3.05) is 30.6 Å². The molecule has 0 radical (unpaired) electrons. The summed E-state index contributed by atoms with van der Waals surface area (Å²) in [7, 11) is 1.56. The van der Waals surface area contributed by atoms with E-state index in [4.69, 9.17) is 20.1 Å². The van der Waals surface area contributed by atoms with E-state index in [1.54, 1.807) is 7.11 Å². The van der Waals surface area contributed by atoms with Gasteiger partial charge >= 0.3 is 0 Å². The summed E-state index contributed by atoms with van der Waals surface area (Å²) in [5.74, 6) is 8.36. The Bertz CT molecular complexity index is 1070. The van der Waals surface area contributed by atoms with Gasteiger partial charge in [-0.05, 0) is 36.8 Å². The van der Waals surface area contributed by atoms with Gasteiger partial charge in [0.15, 0.2) is 23.4 Å². The highest BCUT2D eigenvalue weighted by atomic mass is 32.2. The van der Waals surface area contributed by atoms with E-state index >= 15 is 0 Å². The van der Waals surface area contributed by atoms with Gasteiger partial charge in [-0.15, -0.1) is 10.2 Å².